The van der Waals surface area contributed by atoms with E-state index in [-0.39, 0.29) is 5.91 Å². The Morgan fingerprint density at radius 3 is 2.54 bits per heavy atom. The number of nitrogens with zero attached hydrogens (tertiary/aromatic N) is 6. The molecule has 0 spiro atoms. The predicted octanol–water partition coefficient (Wildman–Crippen LogP) is 2.48. The molecule has 0 bridgehead atoms. The number of hydrogen-bond acceptors (Lipinski definition) is 7. The van der Waals surface area contributed by atoms with Gasteiger partial charge in [0.05, 0.1) is 17.0 Å². The highest BCUT2D eigenvalue weighted by atomic mass is 16.5. The Morgan fingerprint density at radius 2 is 1.89 bits per heavy atom. The Morgan fingerprint density at radius 1 is 1.11 bits per heavy atom. The van der Waals surface area contributed by atoms with Gasteiger partial charge in [0.1, 0.15) is 0 Å². The Hall–Kier alpha value is -3.29. The Labute approximate surface area is 163 Å². The van der Waals surface area contributed by atoms with E-state index in [0.29, 0.717) is 37.9 Å². The number of pyridine rings is 1. The first kappa shape index (κ1) is 18.1. The zero-order chi connectivity index (χ0) is 19.7. The number of hydrogen-bond donors (Lipinski definition) is 0. The van der Waals surface area contributed by atoms with Crippen molar-refractivity contribution in [1.29, 1.82) is 0 Å². The summed E-state index contributed by atoms with van der Waals surface area (Å²) in [4.78, 5) is 29.4. The zero-order valence-electron chi connectivity index (χ0n) is 16.2. The number of carbonyl (C=O) groups is 1. The third kappa shape index (κ3) is 3.45. The summed E-state index contributed by atoms with van der Waals surface area (Å²) in [5, 5.41) is 3.99. The number of rotatable bonds is 3. The summed E-state index contributed by atoms with van der Waals surface area (Å²) in [5.41, 5.74) is 4.15. The van der Waals surface area contributed by atoms with Gasteiger partial charge >= 0.3 is 0 Å². The minimum Gasteiger partial charge on any atom is -0.356 e. The fourth-order valence-electron chi connectivity index (χ4n) is 3.36. The highest BCUT2D eigenvalue weighted by Crippen LogP contribution is 2.33. The van der Waals surface area contributed by atoms with Gasteiger partial charge < -0.3 is 14.3 Å². The molecule has 8 nitrogen and oxygen atoms in total. The molecule has 4 rings (SSSR count). The average molecular weight is 378 g/mol. The van der Waals surface area contributed by atoms with Crippen LogP contribution in [0.25, 0.3) is 22.6 Å². The molecule has 1 aliphatic heterocycles. The van der Waals surface area contributed by atoms with E-state index in [4.69, 9.17) is 9.51 Å². The van der Waals surface area contributed by atoms with Crippen LogP contribution in [0, 0.1) is 13.8 Å². The van der Waals surface area contributed by atoms with Gasteiger partial charge in [-0.25, -0.2) is 9.97 Å². The largest absolute Gasteiger partial charge is 0.356 e. The van der Waals surface area contributed by atoms with Crippen molar-refractivity contribution in [2.24, 2.45) is 0 Å². The molecular weight excluding hydrogens is 356 g/mol. The lowest BCUT2D eigenvalue weighted by Crippen LogP contribution is -2.48. The Balaban J connectivity index is 1.74. The predicted molar refractivity (Wildman–Crippen MR) is 105 cm³/mol. The summed E-state index contributed by atoms with van der Waals surface area (Å²) < 4.78 is 5.47. The molecule has 1 amide bonds. The van der Waals surface area contributed by atoms with Gasteiger partial charge in [0.15, 0.2) is 5.76 Å². The summed E-state index contributed by atoms with van der Waals surface area (Å²) >= 11 is 0. The van der Waals surface area contributed by atoms with E-state index in [1.807, 2.05) is 36.9 Å². The van der Waals surface area contributed by atoms with E-state index in [0.717, 1.165) is 28.2 Å². The maximum atomic E-state index is 11.6. The SMILES string of the molecule is CC(=O)N1CCN(c2ncc(-c3cc(C)no3)c(-c3cccnc3C)n2)CC1. The van der Waals surface area contributed by atoms with Gasteiger partial charge in [-0.2, -0.15) is 0 Å². The summed E-state index contributed by atoms with van der Waals surface area (Å²) in [6, 6.07) is 5.76. The van der Waals surface area contributed by atoms with Crippen molar-refractivity contribution in [2.45, 2.75) is 20.8 Å². The minimum atomic E-state index is 0.100. The van der Waals surface area contributed by atoms with Crippen LogP contribution < -0.4 is 4.90 Å². The lowest BCUT2D eigenvalue weighted by Gasteiger charge is -2.34. The van der Waals surface area contributed by atoms with Gasteiger partial charge in [-0.05, 0) is 26.0 Å². The Kier molecular flexibility index (Phi) is 4.77. The number of anilines is 1. The molecule has 0 N–H and O–H groups in total. The van der Waals surface area contributed by atoms with E-state index >= 15 is 0 Å². The second kappa shape index (κ2) is 7.38. The molecule has 28 heavy (non-hydrogen) atoms. The quantitative estimate of drug-likeness (QED) is 0.692. The third-order valence-electron chi connectivity index (χ3n) is 4.94. The lowest BCUT2D eigenvalue weighted by atomic mass is 10.0. The van der Waals surface area contributed by atoms with E-state index in [1.165, 1.54) is 0 Å². The minimum absolute atomic E-state index is 0.100. The maximum absolute atomic E-state index is 11.6. The zero-order valence-corrected chi connectivity index (χ0v) is 16.2. The molecule has 1 aliphatic rings. The van der Waals surface area contributed by atoms with Gasteiger partial charge in [0.25, 0.3) is 0 Å². The monoisotopic (exact) mass is 378 g/mol. The number of amides is 1. The van der Waals surface area contributed by atoms with Gasteiger partial charge in [-0.3, -0.25) is 9.78 Å². The molecule has 144 valence electrons. The van der Waals surface area contributed by atoms with Crippen LogP contribution >= 0.6 is 0 Å². The van der Waals surface area contributed by atoms with Crippen molar-refractivity contribution in [1.82, 2.24) is 25.0 Å². The van der Waals surface area contributed by atoms with Crippen LogP contribution in [0.5, 0.6) is 0 Å². The molecule has 3 aromatic heterocycles. The van der Waals surface area contributed by atoms with Crippen LogP contribution in [0.3, 0.4) is 0 Å². The number of carbonyl (C=O) groups excluding carboxylic acids is 1. The van der Waals surface area contributed by atoms with Crippen LogP contribution in [0.4, 0.5) is 5.95 Å². The van der Waals surface area contributed by atoms with Crippen molar-refractivity contribution in [2.75, 3.05) is 31.1 Å². The van der Waals surface area contributed by atoms with Crippen LogP contribution in [-0.4, -0.2) is 57.1 Å². The van der Waals surface area contributed by atoms with E-state index in [9.17, 15) is 4.79 Å². The van der Waals surface area contributed by atoms with E-state index in [1.54, 1.807) is 19.3 Å². The molecule has 3 aromatic rings. The fourth-order valence-corrected chi connectivity index (χ4v) is 3.36. The second-order valence-electron chi connectivity index (χ2n) is 6.89. The average Bonchev–Trinajstić information content (AvgIpc) is 3.14. The van der Waals surface area contributed by atoms with Crippen LogP contribution in [-0.2, 0) is 4.79 Å². The van der Waals surface area contributed by atoms with Crippen LogP contribution in [0.2, 0.25) is 0 Å². The molecule has 1 fully saturated rings. The van der Waals surface area contributed by atoms with E-state index in [2.05, 4.69) is 20.0 Å². The highest BCUT2D eigenvalue weighted by molar-refractivity contribution is 5.79. The summed E-state index contributed by atoms with van der Waals surface area (Å²) in [6.45, 7) is 8.18. The number of aromatic nitrogens is 4. The summed E-state index contributed by atoms with van der Waals surface area (Å²) in [6.07, 6.45) is 3.54. The maximum Gasteiger partial charge on any atom is 0.226 e. The van der Waals surface area contributed by atoms with Gasteiger partial charge in [0, 0.05) is 62.8 Å². The molecule has 8 heteroatoms. The fraction of sp³-hybridized carbons (Fsp3) is 0.350. The van der Waals surface area contributed by atoms with Gasteiger partial charge in [-0.15, -0.1) is 0 Å². The molecule has 0 aliphatic carbocycles. The van der Waals surface area contributed by atoms with Crippen molar-refractivity contribution in [3.05, 3.63) is 42.0 Å². The molecule has 1 saturated heterocycles. The first-order chi connectivity index (χ1) is 13.5. The van der Waals surface area contributed by atoms with Crippen molar-refractivity contribution in [3.63, 3.8) is 0 Å². The normalized spacial score (nSPS) is 14.4. The van der Waals surface area contributed by atoms with Crippen LogP contribution in [0.1, 0.15) is 18.3 Å². The van der Waals surface area contributed by atoms with Crippen molar-refractivity contribution < 1.29 is 9.32 Å². The molecule has 4 heterocycles. The third-order valence-corrected chi connectivity index (χ3v) is 4.94. The lowest BCUT2D eigenvalue weighted by molar-refractivity contribution is -0.129. The smallest absolute Gasteiger partial charge is 0.226 e. The number of piperazine rings is 1. The molecule has 0 saturated carbocycles. The van der Waals surface area contributed by atoms with Gasteiger partial charge in [-0.1, -0.05) is 5.16 Å². The van der Waals surface area contributed by atoms with Crippen molar-refractivity contribution >= 4 is 11.9 Å². The first-order valence-electron chi connectivity index (χ1n) is 9.26. The van der Waals surface area contributed by atoms with Crippen LogP contribution in [0.15, 0.2) is 35.1 Å². The summed E-state index contributed by atoms with van der Waals surface area (Å²) in [7, 11) is 0. The summed E-state index contributed by atoms with van der Waals surface area (Å²) in [5.74, 6) is 1.37. The van der Waals surface area contributed by atoms with E-state index < -0.39 is 0 Å². The first-order valence-corrected chi connectivity index (χ1v) is 9.26. The topological polar surface area (TPSA) is 88.3 Å². The molecule has 0 aromatic carbocycles. The second-order valence-corrected chi connectivity index (χ2v) is 6.89. The van der Waals surface area contributed by atoms with Gasteiger partial charge in [0.2, 0.25) is 11.9 Å². The van der Waals surface area contributed by atoms with Crippen molar-refractivity contribution in [3.8, 4) is 22.6 Å². The Bertz CT molecular complexity index is 1010. The highest BCUT2D eigenvalue weighted by Gasteiger charge is 2.23. The molecule has 0 atom stereocenters. The number of aryl methyl sites for hydroxylation is 2. The standard InChI is InChI=1S/C20H22N6O2/c1-13-11-18(28-24-13)17-12-22-20(26-9-7-25(8-10-26)15(3)27)23-19(17)16-5-4-6-21-14(16)2/h4-6,11-12H,7-10H2,1-3H3. The molecular formula is C20H22N6O2. The molecule has 0 unspecified atom stereocenters. The molecule has 0 radical (unpaired) electrons.